The van der Waals surface area contributed by atoms with Gasteiger partial charge in [-0.25, -0.2) is 0 Å². The van der Waals surface area contributed by atoms with Crippen LogP contribution in [0, 0.1) is 0 Å². The van der Waals surface area contributed by atoms with Crippen LogP contribution in [0.2, 0.25) is 0 Å². The third-order valence-corrected chi connectivity index (χ3v) is 21.7. The molecule has 1 aliphatic rings. The van der Waals surface area contributed by atoms with Gasteiger partial charge in [-0.3, -0.25) is 0 Å². The number of halogens is 10. The lowest BCUT2D eigenvalue weighted by atomic mass is 10.1. The highest BCUT2D eigenvalue weighted by Crippen LogP contribution is 2.75. The van der Waals surface area contributed by atoms with Crippen molar-refractivity contribution in [1.82, 2.24) is 0 Å². The molecule has 0 aromatic heterocycles. The van der Waals surface area contributed by atoms with Gasteiger partial charge >= 0.3 is 0 Å². The molecule has 0 amide bonds. The summed E-state index contributed by atoms with van der Waals surface area (Å²) >= 11 is 36.3. The maximum atomic E-state index is 3.66. The predicted molar refractivity (Wildman–Crippen MR) is 107 cm³/mol. The number of hydrogen-bond donors (Lipinski definition) is 0. The summed E-state index contributed by atoms with van der Waals surface area (Å²) in [7, 11) is 0. The molecular weight excluding hydrogens is 871 g/mol. The van der Waals surface area contributed by atoms with E-state index in [0.29, 0.717) is 0 Å². The minimum atomic E-state index is -0.580. The van der Waals surface area contributed by atoms with E-state index in [1.165, 1.54) is 0 Å². The van der Waals surface area contributed by atoms with Gasteiger partial charge in [-0.05, 0) is 0 Å². The summed E-state index contributed by atoms with van der Waals surface area (Å²) in [6.07, 6.45) is 0. The molecule has 0 saturated carbocycles. The van der Waals surface area contributed by atoms with Gasteiger partial charge in [0.05, 0.1) is 0 Å². The van der Waals surface area contributed by atoms with Crippen molar-refractivity contribution in [3.8, 4) is 0 Å². The van der Waals surface area contributed by atoms with E-state index in [1.807, 2.05) is 0 Å². The maximum Gasteiger partial charge on any atom is 0.140 e. The van der Waals surface area contributed by atoms with Gasteiger partial charge in [0.1, 0.15) is 12.9 Å². The average molecular weight is 871 g/mol. The molecule has 16 heavy (non-hydrogen) atoms. The molecule has 0 heterocycles. The lowest BCUT2D eigenvalue weighted by Gasteiger charge is -2.53. The average Bonchev–Trinajstić information content (AvgIpc) is 2.12. The maximum absolute atomic E-state index is 3.66. The molecule has 0 radical (unpaired) electrons. The molecule has 0 saturated heterocycles. The minimum absolute atomic E-state index is 0.552. The Hall–Kier alpha value is 4.54. The molecule has 10 heteroatoms. The van der Waals surface area contributed by atoms with E-state index in [2.05, 4.69) is 159 Å². The van der Waals surface area contributed by atoms with Gasteiger partial charge in [0.25, 0.3) is 0 Å². The van der Waals surface area contributed by atoms with Crippen LogP contribution in [0.1, 0.15) is 0 Å². The largest absolute Gasteiger partial charge is 0.140 e. The van der Waals surface area contributed by atoms with Crippen LogP contribution in [0.25, 0.3) is 0 Å². The Labute approximate surface area is 178 Å². The Kier molecular flexibility index (Phi) is 6.54. The van der Waals surface area contributed by atoms with Crippen molar-refractivity contribution in [2.24, 2.45) is 0 Å². The fourth-order valence-corrected chi connectivity index (χ4v) is 10.4. The predicted octanol–water partition coefficient (Wildman–Crippen LogP) is 7.95. The second kappa shape index (κ2) is 5.63. The van der Waals surface area contributed by atoms with Gasteiger partial charge < -0.3 is 0 Å². The van der Waals surface area contributed by atoms with Crippen LogP contribution >= 0.6 is 159 Å². The number of rotatable bonds is 0. The summed E-state index contributed by atoms with van der Waals surface area (Å²) in [5, 5.41) is 0. The lowest BCUT2D eigenvalue weighted by Crippen LogP contribution is -2.59. The molecule has 0 nitrogen and oxygen atoms in total. The topological polar surface area (TPSA) is 0 Å². The zero-order chi connectivity index (χ0) is 13.2. The Morgan fingerprint density at radius 3 is 0.875 bits per heavy atom. The molecule has 1 aliphatic carbocycles. The second-order valence-corrected chi connectivity index (χ2v) is 18.3. The van der Waals surface area contributed by atoms with Crippen molar-refractivity contribution in [3.05, 3.63) is 8.96 Å². The van der Waals surface area contributed by atoms with Gasteiger partial charge in [-0.15, -0.1) is 0 Å². The van der Waals surface area contributed by atoms with Crippen molar-refractivity contribution < 1.29 is 0 Å². The molecule has 1 rings (SSSR count). The SMILES string of the molecule is BrC1=C(Br)C(Br)(Br)C(Br)(Br)C(Br)(Br)C1(Br)Br. The van der Waals surface area contributed by atoms with Crippen molar-refractivity contribution in [1.29, 1.82) is 0 Å². The molecule has 0 spiro atoms. The van der Waals surface area contributed by atoms with Gasteiger partial charge in [0.2, 0.25) is 0 Å². The smallest absolute Gasteiger partial charge is 0.0672 e. The van der Waals surface area contributed by atoms with Gasteiger partial charge in [0, 0.05) is 8.96 Å². The molecule has 0 unspecified atom stereocenters. The molecule has 0 aromatic carbocycles. The first-order chi connectivity index (χ1) is 6.82. The highest BCUT2D eigenvalue weighted by Gasteiger charge is 2.70. The summed E-state index contributed by atoms with van der Waals surface area (Å²) in [6.45, 7) is 0. The Balaban J connectivity index is 3.64. The summed E-state index contributed by atoms with van der Waals surface area (Å²) < 4.78 is -0.464. The molecule has 0 bridgehead atoms. The van der Waals surface area contributed by atoms with Crippen LogP contribution in [0.3, 0.4) is 0 Å². The first-order valence-corrected chi connectivity index (χ1v) is 11.3. The van der Waals surface area contributed by atoms with E-state index >= 15 is 0 Å². The van der Waals surface area contributed by atoms with Crippen LogP contribution < -0.4 is 0 Å². The van der Waals surface area contributed by atoms with E-state index in [9.17, 15) is 0 Å². The van der Waals surface area contributed by atoms with Crippen LogP contribution in [-0.4, -0.2) is 12.9 Å². The Morgan fingerprint density at radius 1 is 0.500 bits per heavy atom. The normalized spacial score (nSPS) is 30.4. The number of alkyl halides is 8. The number of hydrogen-bond acceptors (Lipinski definition) is 0. The second-order valence-electron chi connectivity index (χ2n) is 2.93. The monoisotopic (exact) mass is 861 g/mol. The Bertz CT molecular complexity index is 316. The van der Waals surface area contributed by atoms with E-state index in [0.717, 1.165) is 8.96 Å². The zero-order valence-electron chi connectivity index (χ0n) is 6.78. The summed E-state index contributed by atoms with van der Waals surface area (Å²) in [6, 6.07) is 0. The number of allylic oxidation sites excluding steroid dienone is 2. The van der Waals surface area contributed by atoms with E-state index in [1.54, 1.807) is 0 Å². The molecule has 0 atom stereocenters. The highest BCUT2D eigenvalue weighted by atomic mass is 79.9. The minimum Gasteiger partial charge on any atom is -0.0672 e. The van der Waals surface area contributed by atoms with E-state index < -0.39 is 12.9 Å². The van der Waals surface area contributed by atoms with Crippen LogP contribution in [0.15, 0.2) is 8.96 Å². The molecule has 0 N–H and O–H groups in total. The zero-order valence-corrected chi connectivity index (χ0v) is 22.6. The summed E-state index contributed by atoms with van der Waals surface area (Å²) in [5.74, 6) is 0. The fraction of sp³-hybridized carbons (Fsp3) is 0.667. The summed E-state index contributed by atoms with van der Waals surface area (Å²) in [4.78, 5) is 0. The van der Waals surface area contributed by atoms with Crippen molar-refractivity contribution in [3.63, 3.8) is 0 Å². The molecular formula is C6Br10. The highest BCUT2D eigenvalue weighted by molar-refractivity contribution is 9.35. The summed E-state index contributed by atoms with van der Waals surface area (Å²) in [5.41, 5.74) is 0. The van der Waals surface area contributed by atoms with Gasteiger partial charge in [0.15, 0.2) is 0 Å². The first kappa shape index (κ1) is 18.6. The van der Waals surface area contributed by atoms with Crippen LogP contribution in [-0.2, 0) is 0 Å². The van der Waals surface area contributed by atoms with E-state index in [4.69, 9.17) is 0 Å². The first-order valence-electron chi connectivity index (χ1n) is 3.39. The molecule has 0 fully saturated rings. The molecule has 0 aromatic rings. The fourth-order valence-electron chi connectivity index (χ4n) is 0.946. The van der Waals surface area contributed by atoms with E-state index in [-0.39, 0.29) is 0 Å². The van der Waals surface area contributed by atoms with Crippen molar-refractivity contribution in [2.45, 2.75) is 12.9 Å². The third kappa shape index (κ3) is 2.52. The standard InChI is InChI=1S/C6Br10/c7-1-2(8)4(11,12)6(15,16)5(13,14)3(1,9)10. The van der Waals surface area contributed by atoms with Crippen molar-refractivity contribution >= 4 is 159 Å². The van der Waals surface area contributed by atoms with Gasteiger partial charge in [-0.2, -0.15) is 0 Å². The quantitative estimate of drug-likeness (QED) is 0.217. The van der Waals surface area contributed by atoms with Crippen molar-refractivity contribution in [2.75, 3.05) is 0 Å². The molecule has 94 valence electrons. The van der Waals surface area contributed by atoms with Gasteiger partial charge in [-0.1, -0.05) is 159 Å². The van der Waals surface area contributed by atoms with Crippen LogP contribution in [0.4, 0.5) is 0 Å². The molecule has 0 aliphatic heterocycles. The third-order valence-electron chi connectivity index (χ3n) is 1.93. The lowest BCUT2D eigenvalue weighted by molar-refractivity contribution is 0.706. The Morgan fingerprint density at radius 2 is 0.688 bits per heavy atom. The van der Waals surface area contributed by atoms with Crippen LogP contribution in [0.5, 0.6) is 0 Å².